The standard InChI is InChI=1S/C15H16N2O3/c18-14-11-20-15(19)17(14)9-4-3-8-16-10-7-12-5-1-2-6-13(12)16/h1-2,5-7,10H,3-4,8-9,11H2. The molecule has 1 aliphatic rings. The zero-order chi connectivity index (χ0) is 13.9. The van der Waals surface area contributed by atoms with Crippen LogP contribution in [0.15, 0.2) is 36.5 Å². The van der Waals surface area contributed by atoms with Gasteiger partial charge in [-0.1, -0.05) is 18.2 Å². The fourth-order valence-corrected chi connectivity index (χ4v) is 2.48. The number of aromatic nitrogens is 1. The Kier molecular flexibility index (Phi) is 3.41. The van der Waals surface area contributed by atoms with Gasteiger partial charge in [-0.15, -0.1) is 0 Å². The maximum absolute atomic E-state index is 11.4. The number of rotatable bonds is 5. The molecule has 104 valence electrons. The van der Waals surface area contributed by atoms with E-state index in [-0.39, 0.29) is 12.5 Å². The number of benzene rings is 1. The predicted molar refractivity (Wildman–Crippen MR) is 74.2 cm³/mol. The number of cyclic esters (lactones) is 1. The number of para-hydroxylation sites is 1. The van der Waals surface area contributed by atoms with Crippen LogP contribution in [-0.2, 0) is 16.1 Å². The van der Waals surface area contributed by atoms with Gasteiger partial charge in [-0.3, -0.25) is 4.79 Å². The molecule has 1 aromatic carbocycles. The van der Waals surface area contributed by atoms with E-state index >= 15 is 0 Å². The highest BCUT2D eigenvalue weighted by molar-refractivity contribution is 5.97. The van der Waals surface area contributed by atoms with Gasteiger partial charge in [0, 0.05) is 24.8 Å². The number of amides is 2. The summed E-state index contributed by atoms with van der Waals surface area (Å²) < 4.78 is 6.86. The third kappa shape index (κ3) is 2.39. The molecule has 0 N–H and O–H groups in total. The first-order valence-corrected chi connectivity index (χ1v) is 6.77. The summed E-state index contributed by atoms with van der Waals surface area (Å²) in [6, 6.07) is 10.3. The smallest absolute Gasteiger partial charge is 0.417 e. The molecule has 5 nitrogen and oxygen atoms in total. The number of nitrogens with zero attached hydrogens (tertiary/aromatic N) is 2. The van der Waals surface area contributed by atoms with Crippen molar-refractivity contribution < 1.29 is 14.3 Å². The van der Waals surface area contributed by atoms with Crippen molar-refractivity contribution in [3.05, 3.63) is 36.5 Å². The van der Waals surface area contributed by atoms with Crippen LogP contribution in [0.4, 0.5) is 4.79 Å². The molecule has 1 aliphatic heterocycles. The van der Waals surface area contributed by atoms with E-state index in [1.54, 1.807) is 0 Å². The number of hydrogen-bond acceptors (Lipinski definition) is 3. The van der Waals surface area contributed by atoms with E-state index in [4.69, 9.17) is 0 Å². The monoisotopic (exact) mass is 272 g/mol. The summed E-state index contributed by atoms with van der Waals surface area (Å²) in [5, 5.41) is 1.23. The number of carbonyl (C=O) groups excluding carboxylic acids is 2. The molecule has 0 aliphatic carbocycles. The Morgan fingerprint density at radius 1 is 1.05 bits per heavy atom. The number of aryl methyl sites for hydroxylation is 1. The summed E-state index contributed by atoms with van der Waals surface area (Å²) in [7, 11) is 0. The van der Waals surface area contributed by atoms with Crippen molar-refractivity contribution in [2.45, 2.75) is 19.4 Å². The Morgan fingerprint density at radius 2 is 1.85 bits per heavy atom. The van der Waals surface area contributed by atoms with Gasteiger partial charge in [0.15, 0.2) is 6.61 Å². The van der Waals surface area contributed by atoms with Crippen molar-refractivity contribution in [2.75, 3.05) is 13.2 Å². The minimum absolute atomic E-state index is 0.110. The van der Waals surface area contributed by atoms with E-state index in [0.29, 0.717) is 6.54 Å². The zero-order valence-electron chi connectivity index (χ0n) is 11.1. The second kappa shape index (κ2) is 5.36. The lowest BCUT2D eigenvalue weighted by Gasteiger charge is -2.11. The first kappa shape index (κ1) is 12.7. The lowest BCUT2D eigenvalue weighted by molar-refractivity contribution is -0.125. The highest BCUT2D eigenvalue weighted by Crippen LogP contribution is 2.16. The van der Waals surface area contributed by atoms with Gasteiger partial charge in [0.05, 0.1) is 0 Å². The molecule has 2 aromatic rings. The lowest BCUT2D eigenvalue weighted by Crippen LogP contribution is -2.30. The van der Waals surface area contributed by atoms with E-state index in [9.17, 15) is 9.59 Å². The van der Waals surface area contributed by atoms with Gasteiger partial charge in [-0.25, -0.2) is 9.69 Å². The molecule has 2 heterocycles. The van der Waals surface area contributed by atoms with E-state index in [0.717, 1.165) is 19.4 Å². The molecule has 0 spiro atoms. The van der Waals surface area contributed by atoms with Gasteiger partial charge < -0.3 is 9.30 Å². The number of ether oxygens (including phenoxy) is 1. The van der Waals surface area contributed by atoms with E-state index in [1.165, 1.54) is 15.8 Å². The van der Waals surface area contributed by atoms with Gasteiger partial charge in [-0.05, 0) is 30.4 Å². The van der Waals surface area contributed by atoms with Gasteiger partial charge in [0.25, 0.3) is 5.91 Å². The summed E-state index contributed by atoms with van der Waals surface area (Å²) in [5.74, 6) is -0.235. The van der Waals surface area contributed by atoms with Crippen LogP contribution in [0.25, 0.3) is 10.9 Å². The molecule has 5 heteroatoms. The van der Waals surface area contributed by atoms with E-state index < -0.39 is 6.09 Å². The van der Waals surface area contributed by atoms with Crippen LogP contribution >= 0.6 is 0 Å². The number of hydrogen-bond donors (Lipinski definition) is 0. The quantitative estimate of drug-likeness (QED) is 0.785. The molecular weight excluding hydrogens is 256 g/mol. The molecule has 20 heavy (non-hydrogen) atoms. The van der Waals surface area contributed by atoms with Crippen LogP contribution in [0, 0.1) is 0 Å². The average Bonchev–Trinajstić information content (AvgIpc) is 3.01. The van der Waals surface area contributed by atoms with Crippen molar-refractivity contribution >= 4 is 22.9 Å². The second-order valence-corrected chi connectivity index (χ2v) is 4.88. The summed E-state index contributed by atoms with van der Waals surface area (Å²) in [5.41, 5.74) is 1.21. The van der Waals surface area contributed by atoms with Gasteiger partial charge >= 0.3 is 6.09 Å². The van der Waals surface area contributed by atoms with Crippen LogP contribution < -0.4 is 0 Å². The molecular formula is C15H16N2O3. The van der Waals surface area contributed by atoms with Gasteiger partial charge in [-0.2, -0.15) is 0 Å². The molecule has 0 bridgehead atoms. The number of fused-ring (bicyclic) bond motifs is 1. The fourth-order valence-electron chi connectivity index (χ4n) is 2.48. The Balaban J connectivity index is 1.53. The Labute approximate surface area is 116 Å². The van der Waals surface area contributed by atoms with Crippen molar-refractivity contribution in [3.8, 4) is 0 Å². The van der Waals surface area contributed by atoms with Gasteiger partial charge in [0.2, 0.25) is 0 Å². The maximum Gasteiger partial charge on any atom is 0.417 e. The minimum Gasteiger partial charge on any atom is -0.439 e. The van der Waals surface area contributed by atoms with E-state index in [2.05, 4.69) is 33.7 Å². The topological polar surface area (TPSA) is 51.5 Å². The summed E-state index contributed by atoms with van der Waals surface area (Å²) in [6.45, 7) is 1.21. The second-order valence-electron chi connectivity index (χ2n) is 4.88. The first-order chi connectivity index (χ1) is 9.75. The van der Waals surface area contributed by atoms with Crippen LogP contribution in [0.5, 0.6) is 0 Å². The molecule has 1 fully saturated rings. The normalized spacial score (nSPS) is 15.1. The highest BCUT2D eigenvalue weighted by atomic mass is 16.6. The molecule has 1 saturated heterocycles. The molecule has 2 amide bonds. The van der Waals surface area contributed by atoms with Crippen LogP contribution in [0.1, 0.15) is 12.8 Å². The Hall–Kier alpha value is -2.30. The molecule has 0 unspecified atom stereocenters. The largest absolute Gasteiger partial charge is 0.439 e. The number of carbonyl (C=O) groups is 2. The fraction of sp³-hybridized carbons (Fsp3) is 0.333. The SMILES string of the molecule is O=C1COC(=O)N1CCCCn1ccc2ccccc21. The predicted octanol–water partition coefficient (Wildman–Crippen LogP) is 2.40. The summed E-state index contributed by atoms with van der Waals surface area (Å²) in [6.07, 6.45) is 3.25. The van der Waals surface area contributed by atoms with Crippen molar-refractivity contribution in [3.63, 3.8) is 0 Å². The molecule has 0 radical (unpaired) electrons. The van der Waals surface area contributed by atoms with Crippen molar-refractivity contribution in [1.82, 2.24) is 9.47 Å². The van der Waals surface area contributed by atoms with E-state index in [1.807, 2.05) is 12.1 Å². The number of imide groups is 1. The maximum atomic E-state index is 11.4. The zero-order valence-corrected chi connectivity index (χ0v) is 11.1. The van der Waals surface area contributed by atoms with Crippen molar-refractivity contribution in [2.24, 2.45) is 0 Å². The molecule has 0 saturated carbocycles. The third-order valence-electron chi connectivity index (χ3n) is 3.55. The van der Waals surface area contributed by atoms with Crippen LogP contribution in [0.2, 0.25) is 0 Å². The number of unbranched alkanes of at least 4 members (excludes halogenated alkanes) is 1. The van der Waals surface area contributed by atoms with Crippen LogP contribution in [-0.4, -0.2) is 34.6 Å². The Bertz CT molecular complexity index is 631. The highest BCUT2D eigenvalue weighted by Gasteiger charge is 2.29. The lowest BCUT2D eigenvalue weighted by atomic mass is 10.2. The molecule has 0 atom stereocenters. The third-order valence-corrected chi connectivity index (χ3v) is 3.55. The summed E-state index contributed by atoms with van der Waals surface area (Å²) in [4.78, 5) is 23.8. The summed E-state index contributed by atoms with van der Waals surface area (Å²) >= 11 is 0. The average molecular weight is 272 g/mol. The van der Waals surface area contributed by atoms with Crippen molar-refractivity contribution in [1.29, 1.82) is 0 Å². The molecule has 3 rings (SSSR count). The molecule has 1 aromatic heterocycles. The Morgan fingerprint density at radius 3 is 2.65 bits per heavy atom. The minimum atomic E-state index is -0.513. The van der Waals surface area contributed by atoms with Crippen LogP contribution in [0.3, 0.4) is 0 Å². The van der Waals surface area contributed by atoms with Gasteiger partial charge in [0.1, 0.15) is 0 Å². The first-order valence-electron chi connectivity index (χ1n) is 6.77.